The first-order valence-electron chi connectivity index (χ1n) is 1.79. The summed E-state index contributed by atoms with van der Waals surface area (Å²) in [7, 11) is -1.11. The van der Waals surface area contributed by atoms with E-state index in [0.717, 1.165) is 0 Å². The molecule has 0 atom stereocenters. The molecule has 0 bridgehead atoms. The van der Waals surface area contributed by atoms with Gasteiger partial charge in [0.1, 0.15) is 8.24 Å². The minimum absolute atomic E-state index is 0. The maximum absolute atomic E-state index is 5.49. The molecule has 0 heterocycles. The summed E-state index contributed by atoms with van der Waals surface area (Å²) in [5.74, 6) is 0. The monoisotopic (exact) mass is 113 g/mol. The third kappa shape index (κ3) is 65.2. The molecule has 0 radical (unpaired) electrons. The van der Waals surface area contributed by atoms with E-state index >= 15 is 0 Å². The van der Waals surface area contributed by atoms with E-state index in [0.29, 0.717) is 0 Å². The van der Waals surface area contributed by atoms with Crippen molar-refractivity contribution in [3.05, 3.63) is 0 Å². The van der Waals surface area contributed by atoms with Crippen LogP contribution in [0.4, 0.5) is 0 Å². The zero-order chi connectivity index (χ0) is 4.50. The molecule has 0 amide bonds. The number of rotatable bonds is 0. The van der Waals surface area contributed by atoms with Crippen LogP contribution in [0.5, 0.6) is 0 Å². The summed E-state index contributed by atoms with van der Waals surface area (Å²) in [4.78, 5) is 0. The van der Waals surface area contributed by atoms with Gasteiger partial charge in [-0.15, -0.1) is 0 Å². The van der Waals surface area contributed by atoms with E-state index in [-0.39, 0.29) is 31.0 Å². The number of nitrogens with two attached hydrogens (primary N) is 1. The van der Waals surface area contributed by atoms with Gasteiger partial charge in [-0.05, 0) is 0 Å². The first-order valence-corrected chi connectivity index (χ1v) is 5.37. The zero-order valence-electron chi connectivity index (χ0n) is 6.08. The summed E-state index contributed by atoms with van der Waals surface area (Å²) in [5, 5.41) is 5.49. The van der Waals surface area contributed by atoms with Gasteiger partial charge in [-0.3, -0.25) is 0 Å². The minimum atomic E-state index is -1.11. The normalized spacial score (nSPS) is 10.0. The summed E-state index contributed by atoms with van der Waals surface area (Å²) in [6.45, 7) is 6.31. The third-order valence-corrected chi connectivity index (χ3v) is 0. The van der Waals surface area contributed by atoms with Crippen LogP contribution >= 0.6 is 0 Å². The van der Waals surface area contributed by atoms with E-state index in [1.807, 2.05) is 0 Å². The summed E-state index contributed by atoms with van der Waals surface area (Å²) < 4.78 is 0. The van der Waals surface area contributed by atoms with Gasteiger partial charge in [-0.1, -0.05) is 19.6 Å². The maximum Gasteiger partial charge on any atom is 1.00 e. The van der Waals surface area contributed by atoms with Crippen molar-refractivity contribution < 1.29 is 31.0 Å². The molecule has 0 fully saturated rings. The molecule has 0 unspecified atom stereocenters. The van der Waals surface area contributed by atoms with Crippen molar-refractivity contribution >= 4 is 8.24 Å². The van der Waals surface area contributed by atoms with Gasteiger partial charge >= 0.3 is 29.6 Å². The van der Waals surface area contributed by atoms with Crippen molar-refractivity contribution in [1.82, 2.24) is 0 Å². The molecule has 0 aromatic carbocycles. The third-order valence-electron chi connectivity index (χ3n) is 0. The molecule has 0 aromatic rings. The molecular formula is C3H12NNaSi. The molecule has 0 rings (SSSR count). The molecule has 0 aliphatic rings. The van der Waals surface area contributed by atoms with Gasteiger partial charge in [0, 0.05) is 0 Å². The molecule has 2 N–H and O–H groups in total. The second-order valence-electron chi connectivity index (χ2n) is 2.37. The first kappa shape index (κ1) is 10.2. The van der Waals surface area contributed by atoms with Crippen LogP contribution in [-0.2, 0) is 0 Å². The Morgan fingerprint density at radius 1 is 1.33 bits per heavy atom. The Balaban J connectivity index is -0.0000000800. The summed E-state index contributed by atoms with van der Waals surface area (Å²) in [6, 6.07) is 0. The molecule has 0 saturated heterocycles. The molecular weight excluding hydrogens is 101 g/mol. The van der Waals surface area contributed by atoms with Crippen LogP contribution in [0.3, 0.4) is 0 Å². The van der Waals surface area contributed by atoms with E-state index in [1.165, 1.54) is 0 Å². The molecule has 0 saturated carbocycles. The van der Waals surface area contributed by atoms with E-state index in [1.54, 1.807) is 0 Å². The molecule has 6 heavy (non-hydrogen) atoms. The van der Waals surface area contributed by atoms with Crippen molar-refractivity contribution in [1.29, 1.82) is 0 Å². The molecule has 3 heteroatoms. The Morgan fingerprint density at radius 3 is 1.33 bits per heavy atom. The fraction of sp³-hybridized carbons (Fsp3) is 1.00. The molecule has 34 valence electrons. The summed E-state index contributed by atoms with van der Waals surface area (Å²) >= 11 is 0. The van der Waals surface area contributed by atoms with Gasteiger partial charge in [0.2, 0.25) is 0 Å². The average molecular weight is 113 g/mol. The standard InChI is InChI=1S/C3H11NSi.Na.H/c1-5(2,3)4;;/h4H2,1-3H3;;/q;+1;-1. The SMILES string of the molecule is C[Si](C)(C)N.[H-].[Na+]. The minimum Gasteiger partial charge on any atom is -1.00 e. The second kappa shape index (κ2) is 3.21. The first-order chi connectivity index (χ1) is 2.00. The van der Waals surface area contributed by atoms with Gasteiger partial charge in [-0.2, -0.15) is 0 Å². The van der Waals surface area contributed by atoms with Gasteiger partial charge in [0.15, 0.2) is 0 Å². The van der Waals surface area contributed by atoms with E-state index < -0.39 is 8.24 Å². The molecule has 0 spiro atoms. The Kier molecular flexibility index (Phi) is 5.47. The predicted octanol–water partition coefficient (Wildman–Crippen LogP) is -2.10. The Morgan fingerprint density at radius 2 is 1.33 bits per heavy atom. The predicted molar refractivity (Wildman–Crippen MR) is 28.6 cm³/mol. The Hall–Kier alpha value is 1.18. The summed E-state index contributed by atoms with van der Waals surface area (Å²) in [5.41, 5.74) is 0. The van der Waals surface area contributed by atoms with Crippen molar-refractivity contribution in [2.45, 2.75) is 19.6 Å². The van der Waals surface area contributed by atoms with Crippen LogP contribution in [-0.4, -0.2) is 8.24 Å². The van der Waals surface area contributed by atoms with Gasteiger partial charge in [-0.25, -0.2) is 0 Å². The molecule has 0 aliphatic carbocycles. The fourth-order valence-electron chi connectivity index (χ4n) is 0. The average Bonchev–Trinajstić information content (AvgIpc) is 0.722. The van der Waals surface area contributed by atoms with Gasteiger partial charge in [0.25, 0.3) is 0 Å². The van der Waals surface area contributed by atoms with Crippen molar-refractivity contribution in [2.24, 2.45) is 5.40 Å². The zero-order valence-corrected chi connectivity index (χ0v) is 8.08. The van der Waals surface area contributed by atoms with Crippen molar-refractivity contribution in [3.8, 4) is 0 Å². The molecule has 1 nitrogen and oxygen atoms in total. The van der Waals surface area contributed by atoms with E-state index in [9.17, 15) is 0 Å². The smallest absolute Gasteiger partial charge is 1.00 e. The maximum atomic E-state index is 5.49. The van der Waals surface area contributed by atoms with Gasteiger partial charge < -0.3 is 6.83 Å². The number of hydrogen-bond donors (Lipinski definition) is 1. The molecule has 0 aliphatic heterocycles. The Bertz CT molecular complexity index is 30.4. The largest absolute Gasteiger partial charge is 1.00 e. The van der Waals surface area contributed by atoms with Crippen LogP contribution < -0.4 is 35.0 Å². The van der Waals surface area contributed by atoms with Crippen LogP contribution in [0, 0.1) is 0 Å². The van der Waals surface area contributed by atoms with Crippen LogP contribution in [0.25, 0.3) is 0 Å². The second-order valence-corrected chi connectivity index (χ2v) is 7.10. The quantitative estimate of drug-likeness (QED) is 0.358. The fourth-order valence-corrected chi connectivity index (χ4v) is 0. The number of hydrogen-bond acceptors (Lipinski definition) is 1. The Labute approximate surface area is 64.2 Å². The van der Waals surface area contributed by atoms with Crippen LogP contribution in [0.15, 0.2) is 0 Å². The van der Waals surface area contributed by atoms with Crippen molar-refractivity contribution in [3.63, 3.8) is 0 Å². The van der Waals surface area contributed by atoms with Gasteiger partial charge in [0.05, 0.1) is 0 Å². The summed E-state index contributed by atoms with van der Waals surface area (Å²) in [6.07, 6.45) is 0. The van der Waals surface area contributed by atoms with E-state index in [4.69, 9.17) is 5.40 Å². The topological polar surface area (TPSA) is 26.0 Å². The van der Waals surface area contributed by atoms with Crippen molar-refractivity contribution in [2.75, 3.05) is 0 Å². The molecule has 0 aromatic heterocycles. The van der Waals surface area contributed by atoms with E-state index in [2.05, 4.69) is 19.6 Å². The van der Waals surface area contributed by atoms with Crippen LogP contribution in [0.2, 0.25) is 19.6 Å². The van der Waals surface area contributed by atoms with Crippen LogP contribution in [0.1, 0.15) is 1.43 Å².